The van der Waals surface area contributed by atoms with E-state index in [2.05, 4.69) is 25.6 Å². The molecule has 15 heteroatoms. The van der Waals surface area contributed by atoms with Crippen LogP contribution in [0.4, 0.5) is 4.79 Å². The second kappa shape index (κ2) is 17.8. The van der Waals surface area contributed by atoms with Crippen LogP contribution in [0, 0.1) is 5.92 Å². The number of nitrogens with zero attached hydrogens (tertiary/aromatic N) is 6. The molecule has 15 nitrogen and oxygen atoms in total. The van der Waals surface area contributed by atoms with E-state index in [4.69, 9.17) is 19.7 Å². The number of aromatic amines is 2. The number of alkyl carbamates (subject to hydrolysis) is 1. The zero-order valence-electron chi connectivity index (χ0n) is 34.7. The van der Waals surface area contributed by atoms with Crippen LogP contribution in [-0.2, 0) is 25.5 Å². The SMILES string of the molecule is COC(=O)N[C@H](C(=O)N1CCC[C@H]1c1ncc(-c2ccc(-c3cnc4cc(-c5cnc([C@@H]6CCCN6C(=O)[C@H](Cc6ccccc6)NC(C)=O)[nH]5)ccc4n3)cc2)[nH]1)C(C)C. The number of H-pyrrole nitrogens is 2. The number of nitrogens with one attached hydrogen (secondary N) is 4. The van der Waals surface area contributed by atoms with Crippen molar-refractivity contribution in [3.05, 3.63) is 109 Å². The van der Waals surface area contributed by atoms with E-state index in [1.165, 1.54) is 14.0 Å². The number of amides is 4. The van der Waals surface area contributed by atoms with Crippen LogP contribution < -0.4 is 10.6 Å². The predicted molar refractivity (Wildman–Crippen MR) is 229 cm³/mol. The Morgan fingerprint density at radius 2 is 1.34 bits per heavy atom. The fourth-order valence-corrected chi connectivity index (χ4v) is 8.45. The standard InChI is InChI=1S/C46H50N10O5/c1-27(2)41(54-46(60)61-4)45(59)56-21-9-13-40(56)43-48-25-37(52-43)31-16-14-30(15-17-31)36-24-47-34-23-32(18-19-33(34)51-36)38-26-49-42(53-38)39-12-8-20-55(39)44(58)35(50-28(3)57)22-29-10-6-5-7-11-29/h5-7,10-11,14-19,23-27,35,39-41H,8-9,12-13,20-22H2,1-4H3,(H,48,52)(H,49,53)(H,50,57)(H,54,60)/t35-,39-,40-,41-/m0/s1. The Hall–Kier alpha value is -6.90. The molecule has 5 heterocycles. The highest BCUT2D eigenvalue weighted by molar-refractivity contribution is 5.88. The van der Waals surface area contributed by atoms with Gasteiger partial charge in [-0.15, -0.1) is 0 Å². The molecule has 3 aromatic carbocycles. The third-order valence-electron chi connectivity index (χ3n) is 11.6. The van der Waals surface area contributed by atoms with Gasteiger partial charge < -0.3 is 35.1 Å². The van der Waals surface area contributed by atoms with Gasteiger partial charge in [-0.3, -0.25) is 19.4 Å². The first-order valence-electron chi connectivity index (χ1n) is 20.8. The Morgan fingerprint density at radius 1 is 0.738 bits per heavy atom. The number of hydrogen-bond donors (Lipinski definition) is 4. The molecule has 4 amide bonds. The average Bonchev–Trinajstić information content (AvgIpc) is 4.12. The zero-order valence-corrected chi connectivity index (χ0v) is 34.7. The first-order chi connectivity index (χ1) is 29.6. The molecule has 6 aromatic rings. The van der Waals surface area contributed by atoms with Crippen LogP contribution in [-0.4, -0.2) is 95.8 Å². The Kier molecular flexibility index (Phi) is 11.9. The molecule has 0 aliphatic carbocycles. The molecule has 0 unspecified atom stereocenters. The fraction of sp³-hybridized carbons (Fsp3) is 0.348. The van der Waals surface area contributed by atoms with Gasteiger partial charge in [-0.25, -0.2) is 19.7 Å². The van der Waals surface area contributed by atoms with Gasteiger partial charge in [0.15, 0.2) is 0 Å². The third kappa shape index (κ3) is 8.86. The quantitative estimate of drug-likeness (QED) is 0.106. The first-order valence-corrected chi connectivity index (χ1v) is 20.8. The molecule has 4 N–H and O–H groups in total. The molecule has 2 saturated heterocycles. The number of carbonyl (C=O) groups is 4. The van der Waals surface area contributed by atoms with E-state index in [0.717, 1.165) is 76.1 Å². The van der Waals surface area contributed by atoms with Crippen LogP contribution in [0.25, 0.3) is 44.8 Å². The summed E-state index contributed by atoms with van der Waals surface area (Å²) < 4.78 is 4.76. The number of likely N-dealkylation sites (tertiary alicyclic amines) is 2. The number of ether oxygens (including phenoxy) is 1. The number of benzene rings is 3. The summed E-state index contributed by atoms with van der Waals surface area (Å²) in [6.45, 7) is 6.40. The Balaban J connectivity index is 0.936. The topological polar surface area (TPSA) is 191 Å². The molecular formula is C46H50N10O5. The number of carbonyl (C=O) groups excluding carboxylic acids is 4. The van der Waals surface area contributed by atoms with Crippen molar-refractivity contribution in [1.29, 1.82) is 0 Å². The van der Waals surface area contributed by atoms with Crippen molar-refractivity contribution in [2.75, 3.05) is 20.2 Å². The highest BCUT2D eigenvalue weighted by Crippen LogP contribution is 2.35. The van der Waals surface area contributed by atoms with E-state index >= 15 is 0 Å². The summed E-state index contributed by atoms with van der Waals surface area (Å²) >= 11 is 0. The minimum Gasteiger partial charge on any atom is -0.453 e. The highest BCUT2D eigenvalue weighted by atomic mass is 16.5. The zero-order chi connectivity index (χ0) is 42.6. The maximum atomic E-state index is 13.9. The molecule has 2 aliphatic rings. The monoisotopic (exact) mass is 822 g/mol. The lowest BCUT2D eigenvalue weighted by atomic mass is 10.0. The van der Waals surface area contributed by atoms with Gasteiger partial charge in [-0.2, -0.15) is 0 Å². The van der Waals surface area contributed by atoms with Crippen molar-refractivity contribution in [3.63, 3.8) is 0 Å². The molecule has 2 fully saturated rings. The van der Waals surface area contributed by atoms with E-state index < -0.39 is 18.2 Å². The van der Waals surface area contributed by atoms with Crippen LogP contribution in [0.1, 0.15) is 75.8 Å². The molecule has 4 atom stereocenters. The Morgan fingerprint density at radius 3 is 1.97 bits per heavy atom. The molecule has 314 valence electrons. The molecule has 2 aliphatic heterocycles. The summed E-state index contributed by atoms with van der Waals surface area (Å²) in [7, 11) is 1.29. The summed E-state index contributed by atoms with van der Waals surface area (Å²) in [5, 5.41) is 5.57. The largest absolute Gasteiger partial charge is 0.453 e. The van der Waals surface area contributed by atoms with Gasteiger partial charge in [-0.1, -0.05) is 74.5 Å². The predicted octanol–water partition coefficient (Wildman–Crippen LogP) is 6.53. The molecule has 61 heavy (non-hydrogen) atoms. The van der Waals surface area contributed by atoms with E-state index in [9.17, 15) is 19.2 Å². The van der Waals surface area contributed by atoms with Crippen molar-refractivity contribution in [2.45, 2.75) is 77.0 Å². The van der Waals surface area contributed by atoms with Crippen LogP contribution >= 0.6 is 0 Å². The molecule has 0 saturated carbocycles. The van der Waals surface area contributed by atoms with E-state index in [-0.39, 0.29) is 35.7 Å². The van der Waals surface area contributed by atoms with Gasteiger partial charge in [0.2, 0.25) is 17.7 Å². The third-order valence-corrected chi connectivity index (χ3v) is 11.6. The fourth-order valence-electron chi connectivity index (χ4n) is 8.45. The lowest BCUT2D eigenvalue weighted by Crippen LogP contribution is -2.51. The molecular weight excluding hydrogens is 773 g/mol. The molecule has 0 bridgehead atoms. The van der Waals surface area contributed by atoms with Crippen LogP contribution in [0.5, 0.6) is 0 Å². The smallest absolute Gasteiger partial charge is 0.407 e. The molecule has 0 radical (unpaired) electrons. The maximum absolute atomic E-state index is 13.9. The number of rotatable bonds is 12. The molecule has 0 spiro atoms. The number of hydrogen-bond acceptors (Lipinski definition) is 9. The highest BCUT2D eigenvalue weighted by Gasteiger charge is 2.38. The van der Waals surface area contributed by atoms with Crippen LogP contribution in [0.2, 0.25) is 0 Å². The van der Waals surface area contributed by atoms with E-state index in [1.54, 1.807) is 23.5 Å². The summed E-state index contributed by atoms with van der Waals surface area (Å²) in [6, 6.07) is 21.8. The number of methoxy groups -OCH3 is 1. The van der Waals surface area contributed by atoms with Gasteiger partial charge in [0.25, 0.3) is 0 Å². The first kappa shape index (κ1) is 40.9. The average molecular weight is 823 g/mol. The van der Waals surface area contributed by atoms with Gasteiger partial charge in [0.05, 0.1) is 65.9 Å². The van der Waals surface area contributed by atoms with Crippen LogP contribution in [0.3, 0.4) is 0 Å². The number of aromatic nitrogens is 6. The van der Waals surface area contributed by atoms with E-state index in [1.807, 2.05) is 91.5 Å². The molecule has 8 rings (SSSR count). The number of imidazole rings is 2. The van der Waals surface area contributed by atoms with Crippen molar-refractivity contribution in [2.24, 2.45) is 5.92 Å². The second-order valence-corrected chi connectivity index (χ2v) is 16.1. The van der Waals surface area contributed by atoms with Gasteiger partial charge in [-0.05, 0) is 54.9 Å². The minimum absolute atomic E-state index is 0.114. The van der Waals surface area contributed by atoms with Gasteiger partial charge in [0, 0.05) is 37.6 Å². The summed E-state index contributed by atoms with van der Waals surface area (Å²) in [5.74, 6) is 0.792. The van der Waals surface area contributed by atoms with Crippen molar-refractivity contribution < 1.29 is 23.9 Å². The second-order valence-electron chi connectivity index (χ2n) is 16.1. The Bertz CT molecular complexity index is 2530. The minimum atomic E-state index is -0.698. The summed E-state index contributed by atoms with van der Waals surface area (Å²) in [4.78, 5) is 81.1. The lowest BCUT2D eigenvalue weighted by molar-refractivity contribution is -0.137. The van der Waals surface area contributed by atoms with Crippen molar-refractivity contribution >= 4 is 34.8 Å². The molecule has 3 aromatic heterocycles. The van der Waals surface area contributed by atoms with Crippen molar-refractivity contribution in [3.8, 4) is 33.8 Å². The van der Waals surface area contributed by atoms with E-state index in [0.29, 0.717) is 31.2 Å². The van der Waals surface area contributed by atoms with Gasteiger partial charge >= 0.3 is 6.09 Å². The Labute approximate surface area is 353 Å². The van der Waals surface area contributed by atoms with Crippen molar-refractivity contribution in [1.82, 2.24) is 50.3 Å². The summed E-state index contributed by atoms with van der Waals surface area (Å²) in [5.41, 5.74) is 7.58. The maximum Gasteiger partial charge on any atom is 0.407 e. The summed E-state index contributed by atoms with van der Waals surface area (Å²) in [6.07, 6.45) is 8.34. The van der Waals surface area contributed by atoms with Gasteiger partial charge in [0.1, 0.15) is 23.7 Å². The van der Waals surface area contributed by atoms with Crippen LogP contribution in [0.15, 0.2) is 91.4 Å². The lowest BCUT2D eigenvalue weighted by Gasteiger charge is -2.30. The number of fused-ring (bicyclic) bond motifs is 1. The normalized spacial score (nSPS) is 17.4.